The summed E-state index contributed by atoms with van der Waals surface area (Å²) in [4.78, 5) is 41.1. The van der Waals surface area contributed by atoms with Crippen molar-refractivity contribution in [3.63, 3.8) is 0 Å². The van der Waals surface area contributed by atoms with Gasteiger partial charge in [-0.15, -0.1) is 0 Å². The maximum atomic E-state index is 13.8. The van der Waals surface area contributed by atoms with Crippen LogP contribution >= 0.6 is 12.6 Å². The topological polar surface area (TPSA) is 87.7 Å². The summed E-state index contributed by atoms with van der Waals surface area (Å²) in [6, 6.07) is 7.25. The van der Waals surface area contributed by atoms with E-state index in [0.717, 1.165) is 0 Å². The first-order valence-corrected chi connectivity index (χ1v) is 11.7. The van der Waals surface area contributed by atoms with Crippen molar-refractivity contribution in [2.75, 3.05) is 5.75 Å². The van der Waals surface area contributed by atoms with Gasteiger partial charge in [0, 0.05) is 17.3 Å². The molecule has 0 radical (unpaired) electrons. The zero-order valence-electron chi connectivity index (χ0n) is 20.6. The third kappa shape index (κ3) is 8.04. The fourth-order valence-corrected chi connectivity index (χ4v) is 3.41. The summed E-state index contributed by atoms with van der Waals surface area (Å²) >= 11 is 4.31. The van der Waals surface area contributed by atoms with Crippen LogP contribution in [0.3, 0.4) is 0 Å². The molecular weight excluding hydrogens is 426 g/mol. The van der Waals surface area contributed by atoms with Crippen LogP contribution in [0.4, 0.5) is 4.79 Å². The zero-order chi connectivity index (χ0) is 24.7. The predicted octanol–water partition coefficient (Wildman–Crippen LogP) is 4.09. The van der Waals surface area contributed by atoms with Gasteiger partial charge in [0.2, 0.25) is 11.8 Å². The van der Waals surface area contributed by atoms with E-state index in [-0.39, 0.29) is 17.7 Å². The van der Waals surface area contributed by atoms with E-state index in [4.69, 9.17) is 4.74 Å². The molecule has 0 bridgehead atoms. The van der Waals surface area contributed by atoms with Crippen LogP contribution in [0.5, 0.6) is 0 Å². The van der Waals surface area contributed by atoms with Crippen molar-refractivity contribution in [1.82, 2.24) is 15.5 Å². The number of carbonyl (C=O) groups is 3. The molecule has 0 saturated heterocycles. The highest BCUT2D eigenvalue weighted by Gasteiger charge is 2.42. The van der Waals surface area contributed by atoms with Crippen molar-refractivity contribution < 1.29 is 19.1 Å². The molecule has 0 fully saturated rings. The minimum atomic E-state index is -0.961. The number of amides is 3. The van der Waals surface area contributed by atoms with Gasteiger partial charge in [-0.1, -0.05) is 37.3 Å². The Bertz CT molecular complexity index is 775. The van der Waals surface area contributed by atoms with Crippen molar-refractivity contribution in [2.24, 2.45) is 0 Å². The van der Waals surface area contributed by atoms with Crippen LogP contribution in [-0.4, -0.2) is 51.8 Å². The summed E-state index contributed by atoms with van der Waals surface area (Å²) in [7, 11) is 0. The van der Waals surface area contributed by atoms with Crippen LogP contribution in [0.1, 0.15) is 73.4 Å². The molecule has 8 heteroatoms. The maximum absolute atomic E-state index is 13.8. The summed E-state index contributed by atoms with van der Waals surface area (Å²) in [5, 5.41) is 5.56. The van der Waals surface area contributed by atoms with Crippen LogP contribution < -0.4 is 10.6 Å². The molecular formula is C24H39N3O4S. The number of nitrogens with zero attached hydrogens (tertiary/aromatic N) is 1. The molecule has 180 valence electrons. The van der Waals surface area contributed by atoms with Gasteiger partial charge in [-0.05, 0) is 60.5 Å². The fourth-order valence-electron chi connectivity index (χ4n) is 3.17. The van der Waals surface area contributed by atoms with Crippen LogP contribution in [0.2, 0.25) is 0 Å². The molecule has 0 heterocycles. The SMILES string of the molecule is CCC(C)(C)N(C(=O)C(CS)NC(=O)OC(C)(C)C)C(C(=O)NC(C)C)c1ccccc1. The molecule has 1 aromatic carbocycles. The Labute approximate surface area is 198 Å². The molecule has 2 unspecified atom stereocenters. The minimum Gasteiger partial charge on any atom is -0.444 e. The molecule has 0 spiro atoms. The van der Waals surface area contributed by atoms with Gasteiger partial charge in [0.05, 0.1) is 0 Å². The van der Waals surface area contributed by atoms with Gasteiger partial charge >= 0.3 is 6.09 Å². The smallest absolute Gasteiger partial charge is 0.408 e. The molecule has 0 aliphatic rings. The average molecular weight is 466 g/mol. The zero-order valence-corrected chi connectivity index (χ0v) is 21.5. The van der Waals surface area contributed by atoms with E-state index >= 15 is 0 Å². The van der Waals surface area contributed by atoms with E-state index in [9.17, 15) is 14.4 Å². The Balaban J connectivity index is 3.46. The fraction of sp³-hybridized carbons (Fsp3) is 0.625. The first-order chi connectivity index (χ1) is 14.7. The number of alkyl carbamates (subject to hydrolysis) is 1. The highest BCUT2D eigenvalue weighted by Crippen LogP contribution is 2.32. The second kappa shape index (κ2) is 11.6. The summed E-state index contributed by atoms with van der Waals surface area (Å²) in [6.45, 7) is 14.8. The van der Waals surface area contributed by atoms with Crippen molar-refractivity contribution in [1.29, 1.82) is 0 Å². The van der Waals surface area contributed by atoms with Crippen LogP contribution in [0.15, 0.2) is 30.3 Å². The van der Waals surface area contributed by atoms with E-state index in [2.05, 4.69) is 23.3 Å². The monoisotopic (exact) mass is 465 g/mol. The summed E-state index contributed by atoms with van der Waals surface area (Å²) in [5.41, 5.74) is -0.695. The van der Waals surface area contributed by atoms with E-state index in [0.29, 0.717) is 12.0 Å². The highest BCUT2D eigenvalue weighted by atomic mass is 32.1. The van der Waals surface area contributed by atoms with E-state index in [1.165, 1.54) is 0 Å². The van der Waals surface area contributed by atoms with Crippen LogP contribution in [0, 0.1) is 0 Å². The normalized spacial score (nSPS) is 13.8. The molecule has 2 atom stereocenters. The second-order valence-electron chi connectivity index (χ2n) is 9.73. The Morgan fingerprint density at radius 1 is 1.03 bits per heavy atom. The lowest BCUT2D eigenvalue weighted by Crippen LogP contribution is -2.60. The number of rotatable bonds is 9. The van der Waals surface area contributed by atoms with E-state index in [1.807, 2.05) is 65.0 Å². The molecule has 3 amide bonds. The van der Waals surface area contributed by atoms with Crippen LogP contribution in [0.25, 0.3) is 0 Å². The Kier molecular flexibility index (Phi) is 10.1. The van der Waals surface area contributed by atoms with Gasteiger partial charge in [0.15, 0.2) is 0 Å². The second-order valence-corrected chi connectivity index (χ2v) is 10.1. The molecule has 0 saturated carbocycles. The predicted molar refractivity (Wildman–Crippen MR) is 131 cm³/mol. The van der Waals surface area contributed by atoms with Crippen molar-refractivity contribution in [3.05, 3.63) is 35.9 Å². The number of ether oxygens (including phenoxy) is 1. The first kappa shape index (κ1) is 27.8. The number of thiol groups is 1. The molecule has 7 nitrogen and oxygen atoms in total. The van der Waals surface area contributed by atoms with Crippen molar-refractivity contribution in [2.45, 2.75) is 91.1 Å². The average Bonchev–Trinajstić information content (AvgIpc) is 2.68. The molecule has 0 aliphatic heterocycles. The number of nitrogens with one attached hydrogen (secondary N) is 2. The van der Waals surface area contributed by atoms with Crippen LogP contribution in [-0.2, 0) is 14.3 Å². The molecule has 0 aromatic heterocycles. The largest absolute Gasteiger partial charge is 0.444 e. The Morgan fingerprint density at radius 3 is 2.03 bits per heavy atom. The minimum absolute atomic E-state index is 0.0572. The third-order valence-electron chi connectivity index (χ3n) is 4.98. The molecule has 2 N–H and O–H groups in total. The van der Waals surface area contributed by atoms with Gasteiger partial charge in [-0.2, -0.15) is 12.6 Å². The standard InChI is InChI=1S/C24H39N3O4S/c1-9-24(7,8)27(21(29)18(15-32)26-22(30)31-23(4,5)6)19(20(28)25-16(2)3)17-13-11-10-12-14-17/h10-14,16,18-19,32H,9,15H2,1-8H3,(H,25,28)(H,26,30). The van der Waals surface area contributed by atoms with Gasteiger partial charge in [0.1, 0.15) is 17.7 Å². The van der Waals surface area contributed by atoms with Gasteiger partial charge in [0.25, 0.3) is 0 Å². The van der Waals surface area contributed by atoms with E-state index in [1.54, 1.807) is 25.7 Å². The Hall–Kier alpha value is -2.22. The van der Waals surface area contributed by atoms with Gasteiger partial charge in [-0.3, -0.25) is 9.59 Å². The van der Waals surface area contributed by atoms with Crippen molar-refractivity contribution >= 4 is 30.5 Å². The lowest BCUT2D eigenvalue weighted by atomic mass is 9.92. The molecule has 0 aliphatic carbocycles. The summed E-state index contributed by atoms with van der Waals surface area (Å²) in [6.07, 6.45) is -0.106. The first-order valence-electron chi connectivity index (χ1n) is 11.0. The number of benzene rings is 1. The third-order valence-corrected chi connectivity index (χ3v) is 5.34. The molecule has 1 rings (SSSR count). The molecule has 1 aromatic rings. The molecule has 32 heavy (non-hydrogen) atoms. The summed E-state index contributed by atoms with van der Waals surface area (Å²) in [5.74, 6) is -0.622. The summed E-state index contributed by atoms with van der Waals surface area (Å²) < 4.78 is 5.32. The lowest BCUT2D eigenvalue weighted by molar-refractivity contribution is -0.149. The lowest BCUT2D eigenvalue weighted by Gasteiger charge is -2.44. The highest BCUT2D eigenvalue weighted by molar-refractivity contribution is 7.80. The van der Waals surface area contributed by atoms with Crippen molar-refractivity contribution in [3.8, 4) is 0 Å². The quantitative estimate of drug-likeness (QED) is 0.479. The number of carbonyl (C=O) groups excluding carboxylic acids is 3. The van der Waals surface area contributed by atoms with E-state index < -0.39 is 35.2 Å². The van der Waals surface area contributed by atoms with Gasteiger partial charge < -0.3 is 20.3 Å². The number of hydrogen-bond acceptors (Lipinski definition) is 5. The number of hydrogen-bond donors (Lipinski definition) is 3. The maximum Gasteiger partial charge on any atom is 0.408 e. The Morgan fingerprint density at radius 2 is 1.59 bits per heavy atom. The van der Waals surface area contributed by atoms with Gasteiger partial charge in [-0.25, -0.2) is 4.79 Å².